The first-order valence-corrected chi connectivity index (χ1v) is 5.59. The standard InChI is InChI=1S/C15H10FNO2/c1-10(18)13-4-2-3-5-15(13)19-12-7-6-11(9-17)14(16)8-12/h2-8H,1H3. The van der Waals surface area contributed by atoms with Gasteiger partial charge >= 0.3 is 0 Å². The first-order chi connectivity index (χ1) is 9.11. The number of nitrogens with zero attached hydrogens (tertiary/aromatic N) is 1. The fourth-order valence-electron chi connectivity index (χ4n) is 1.62. The zero-order valence-electron chi connectivity index (χ0n) is 10.2. The van der Waals surface area contributed by atoms with Gasteiger partial charge in [-0.05, 0) is 31.2 Å². The molecular formula is C15H10FNO2. The molecule has 0 atom stereocenters. The first-order valence-electron chi connectivity index (χ1n) is 5.59. The molecule has 94 valence electrons. The van der Waals surface area contributed by atoms with Crippen LogP contribution in [0.5, 0.6) is 11.5 Å². The summed E-state index contributed by atoms with van der Waals surface area (Å²) in [5.74, 6) is -0.186. The summed E-state index contributed by atoms with van der Waals surface area (Å²) in [5, 5.41) is 8.64. The molecule has 0 spiro atoms. The van der Waals surface area contributed by atoms with Crippen molar-refractivity contribution in [3.05, 3.63) is 59.4 Å². The van der Waals surface area contributed by atoms with Crippen LogP contribution in [0.4, 0.5) is 4.39 Å². The van der Waals surface area contributed by atoms with Crippen molar-refractivity contribution in [2.75, 3.05) is 0 Å². The fourth-order valence-corrected chi connectivity index (χ4v) is 1.62. The molecule has 0 amide bonds. The van der Waals surface area contributed by atoms with Crippen LogP contribution >= 0.6 is 0 Å². The molecule has 0 aliphatic heterocycles. The summed E-state index contributed by atoms with van der Waals surface area (Å²) in [4.78, 5) is 11.4. The van der Waals surface area contributed by atoms with E-state index in [1.807, 2.05) is 0 Å². The largest absolute Gasteiger partial charge is 0.457 e. The second-order valence-electron chi connectivity index (χ2n) is 3.91. The smallest absolute Gasteiger partial charge is 0.163 e. The van der Waals surface area contributed by atoms with Crippen molar-refractivity contribution < 1.29 is 13.9 Å². The fraction of sp³-hybridized carbons (Fsp3) is 0.0667. The van der Waals surface area contributed by atoms with Crippen LogP contribution in [0.15, 0.2) is 42.5 Å². The number of hydrogen-bond acceptors (Lipinski definition) is 3. The van der Waals surface area contributed by atoms with Gasteiger partial charge in [-0.1, -0.05) is 12.1 Å². The van der Waals surface area contributed by atoms with E-state index >= 15 is 0 Å². The summed E-state index contributed by atoms with van der Waals surface area (Å²) < 4.78 is 18.9. The van der Waals surface area contributed by atoms with Gasteiger partial charge in [-0.15, -0.1) is 0 Å². The monoisotopic (exact) mass is 255 g/mol. The summed E-state index contributed by atoms with van der Waals surface area (Å²) in [7, 11) is 0. The summed E-state index contributed by atoms with van der Waals surface area (Å²) in [6.45, 7) is 1.43. The van der Waals surface area contributed by atoms with Gasteiger partial charge in [0.2, 0.25) is 0 Å². The highest BCUT2D eigenvalue weighted by Gasteiger charge is 2.10. The van der Waals surface area contributed by atoms with Crippen LogP contribution in [0.3, 0.4) is 0 Å². The number of carbonyl (C=O) groups excluding carboxylic acids is 1. The van der Waals surface area contributed by atoms with Crippen LogP contribution in [0.1, 0.15) is 22.8 Å². The lowest BCUT2D eigenvalue weighted by Crippen LogP contribution is -1.97. The lowest BCUT2D eigenvalue weighted by molar-refractivity contribution is 0.101. The molecule has 0 heterocycles. The van der Waals surface area contributed by atoms with Gasteiger partial charge < -0.3 is 4.74 Å². The van der Waals surface area contributed by atoms with Gasteiger partial charge in [-0.2, -0.15) is 5.26 Å². The number of para-hydroxylation sites is 1. The Kier molecular flexibility index (Phi) is 3.58. The molecular weight excluding hydrogens is 245 g/mol. The molecule has 0 saturated heterocycles. The third-order valence-corrected chi connectivity index (χ3v) is 2.56. The molecule has 0 N–H and O–H groups in total. The topological polar surface area (TPSA) is 50.1 Å². The van der Waals surface area contributed by atoms with Crippen molar-refractivity contribution in [2.24, 2.45) is 0 Å². The number of halogens is 1. The average molecular weight is 255 g/mol. The first kappa shape index (κ1) is 12.8. The highest BCUT2D eigenvalue weighted by molar-refractivity contribution is 5.96. The van der Waals surface area contributed by atoms with Crippen molar-refractivity contribution in [1.29, 1.82) is 5.26 Å². The Hall–Kier alpha value is -2.67. The number of Topliss-reactive ketones (excluding diaryl/α,β-unsaturated/α-hetero) is 1. The molecule has 0 aliphatic carbocycles. The Labute approximate surface area is 109 Å². The van der Waals surface area contributed by atoms with Crippen molar-refractivity contribution in [1.82, 2.24) is 0 Å². The highest BCUT2D eigenvalue weighted by atomic mass is 19.1. The SMILES string of the molecule is CC(=O)c1ccccc1Oc1ccc(C#N)c(F)c1. The lowest BCUT2D eigenvalue weighted by atomic mass is 10.1. The van der Waals surface area contributed by atoms with Gasteiger partial charge in [0.05, 0.1) is 11.1 Å². The highest BCUT2D eigenvalue weighted by Crippen LogP contribution is 2.26. The van der Waals surface area contributed by atoms with E-state index in [2.05, 4.69) is 0 Å². The molecule has 4 heteroatoms. The van der Waals surface area contributed by atoms with E-state index in [1.165, 1.54) is 19.1 Å². The van der Waals surface area contributed by atoms with Crippen molar-refractivity contribution in [3.63, 3.8) is 0 Å². The van der Waals surface area contributed by atoms with Crippen molar-refractivity contribution >= 4 is 5.78 Å². The summed E-state index contributed by atoms with van der Waals surface area (Å²) in [5.41, 5.74) is 0.375. The van der Waals surface area contributed by atoms with Gasteiger partial charge in [0, 0.05) is 6.07 Å². The molecule has 0 aliphatic rings. The van der Waals surface area contributed by atoms with Crippen LogP contribution in [0.25, 0.3) is 0 Å². The molecule has 3 nitrogen and oxygen atoms in total. The molecule has 0 saturated carbocycles. The maximum Gasteiger partial charge on any atom is 0.163 e. The predicted molar refractivity (Wildman–Crippen MR) is 67.6 cm³/mol. The molecule has 0 aromatic heterocycles. The molecule has 2 rings (SSSR count). The summed E-state index contributed by atoms with van der Waals surface area (Å²) >= 11 is 0. The van der Waals surface area contributed by atoms with E-state index in [4.69, 9.17) is 10.00 Å². The second-order valence-corrected chi connectivity index (χ2v) is 3.91. The van der Waals surface area contributed by atoms with E-state index in [0.29, 0.717) is 11.3 Å². The van der Waals surface area contributed by atoms with Gasteiger partial charge in [-0.25, -0.2) is 4.39 Å². The molecule has 0 radical (unpaired) electrons. The van der Waals surface area contributed by atoms with Crippen LogP contribution in [0, 0.1) is 17.1 Å². The number of nitriles is 1. The van der Waals surface area contributed by atoms with E-state index in [-0.39, 0.29) is 17.1 Å². The quantitative estimate of drug-likeness (QED) is 0.786. The third-order valence-electron chi connectivity index (χ3n) is 2.56. The van der Waals surface area contributed by atoms with Gasteiger partial charge in [0.1, 0.15) is 23.4 Å². The number of rotatable bonds is 3. The molecule has 0 unspecified atom stereocenters. The second kappa shape index (κ2) is 5.32. The normalized spacial score (nSPS) is 9.74. The van der Waals surface area contributed by atoms with E-state index < -0.39 is 5.82 Å². The van der Waals surface area contributed by atoms with Crippen LogP contribution in [-0.4, -0.2) is 5.78 Å². The number of ether oxygens (including phenoxy) is 1. The molecule has 2 aromatic rings. The van der Waals surface area contributed by atoms with E-state index in [9.17, 15) is 9.18 Å². The van der Waals surface area contributed by atoms with Gasteiger partial charge in [0.15, 0.2) is 5.78 Å². The zero-order chi connectivity index (χ0) is 13.8. The molecule has 0 fully saturated rings. The number of carbonyl (C=O) groups is 1. The Morgan fingerprint density at radius 3 is 2.63 bits per heavy atom. The zero-order valence-corrected chi connectivity index (χ0v) is 10.2. The van der Waals surface area contributed by atoms with Crippen LogP contribution < -0.4 is 4.74 Å². The Balaban J connectivity index is 2.34. The Bertz CT molecular complexity index is 674. The molecule has 19 heavy (non-hydrogen) atoms. The van der Waals surface area contributed by atoms with Crippen molar-refractivity contribution in [2.45, 2.75) is 6.92 Å². The third kappa shape index (κ3) is 2.78. The van der Waals surface area contributed by atoms with Gasteiger partial charge in [0.25, 0.3) is 0 Å². The van der Waals surface area contributed by atoms with E-state index in [1.54, 1.807) is 30.3 Å². The number of hydrogen-bond donors (Lipinski definition) is 0. The minimum absolute atomic E-state index is 0.0489. The Morgan fingerprint density at radius 1 is 1.26 bits per heavy atom. The maximum absolute atomic E-state index is 13.4. The summed E-state index contributed by atoms with van der Waals surface area (Å²) in [6.07, 6.45) is 0. The number of benzene rings is 2. The van der Waals surface area contributed by atoms with Gasteiger partial charge in [-0.3, -0.25) is 4.79 Å². The van der Waals surface area contributed by atoms with Crippen LogP contribution in [-0.2, 0) is 0 Å². The van der Waals surface area contributed by atoms with Crippen molar-refractivity contribution in [3.8, 4) is 17.6 Å². The summed E-state index contributed by atoms with van der Waals surface area (Å²) in [6, 6.07) is 12.4. The molecule has 0 bridgehead atoms. The number of ketones is 1. The predicted octanol–water partition coefficient (Wildman–Crippen LogP) is 3.69. The molecule has 2 aromatic carbocycles. The lowest BCUT2D eigenvalue weighted by Gasteiger charge is -2.09. The Morgan fingerprint density at radius 2 is 2.00 bits per heavy atom. The minimum atomic E-state index is -0.652. The maximum atomic E-state index is 13.4. The van der Waals surface area contributed by atoms with Crippen LogP contribution in [0.2, 0.25) is 0 Å². The minimum Gasteiger partial charge on any atom is -0.457 e. The van der Waals surface area contributed by atoms with E-state index in [0.717, 1.165) is 6.07 Å². The average Bonchev–Trinajstić information content (AvgIpc) is 2.39.